The molecule has 0 spiro atoms. The molecule has 4 aromatic rings. The van der Waals surface area contributed by atoms with Crippen LogP contribution >= 0.6 is 22.7 Å². The second-order valence-electron chi connectivity index (χ2n) is 6.24. The van der Waals surface area contributed by atoms with E-state index in [1.54, 1.807) is 22.1 Å². The molecule has 0 atom stereocenters. The van der Waals surface area contributed by atoms with Gasteiger partial charge < -0.3 is 0 Å². The minimum Gasteiger partial charge on any atom is -0.271 e. The Morgan fingerprint density at radius 3 is 2.64 bits per heavy atom. The van der Waals surface area contributed by atoms with Crippen molar-refractivity contribution >= 4 is 44.7 Å². The monoisotopic (exact) mass is 411 g/mol. The summed E-state index contributed by atoms with van der Waals surface area (Å²) < 4.78 is 2.70. The van der Waals surface area contributed by atoms with Crippen LogP contribution in [0.25, 0.3) is 20.1 Å². The van der Waals surface area contributed by atoms with Crippen LogP contribution in [-0.2, 0) is 11.3 Å². The molecule has 142 valence electrons. The maximum atomic E-state index is 12.3. The van der Waals surface area contributed by atoms with Gasteiger partial charge in [0, 0.05) is 5.69 Å². The summed E-state index contributed by atoms with van der Waals surface area (Å²) in [5, 5.41) is 5.10. The van der Waals surface area contributed by atoms with Gasteiger partial charge in [0.1, 0.15) is 11.6 Å². The molecule has 0 bridgehead atoms. The van der Waals surface area contributed by atoms with Crippen molar-refractivity contribution in [3.8, 4) is 9.88 Å². The summed E-state index contributed by atoms with van der Waals surface area (Å²) >= 11 is 2.92. The molecule has 0 saturated carbocycles. The second kappa shape index (κ2) is 7.53. The lowest BCUT2D eigenvalue weighted by atomic mass is 10.3. The molecule has 3 aromatic heterocycles. The maximum absolute atomic E-state index is 12.3. The molecular formula is C19H17N5O2S2. The van der Waals surface area contributed by atoms with Crippen LogP contribution < -0.4 is 10.9 Å². The van der Waals surface area contributed by atoms with Crippen molar-refractivity contribution in [3.05, 3.63) is 58.7 Å². The molecule has 7 nitrogen and oxygen atoms in total. The zero-order chi connectivity index (χ0) is 19.7. The molecule has 0 saturated heterocycles. The van der Waals surface area contributed by atoms with Gasteiger partial charge in [-0.25, -0.2) is 4.98 Å². The number of hydrogen-bond donors (Lipinski definition) is 2. The summed E-state index contributed by atoms with van der Waals surface area (Å²) in [5.41, 5.74) is 7.55. The minimum absolute atomic E-state index is 0.0430. The van der Waals surface area contributed by atoms with E-state index in [0.717, 1.165) is 31.5 Å². The number of thiophene rings is 1. The van der Waals surface area contributed by atoms with Crippen molar-refractivity contribution in [2.45, 2.75) is 20.4 Å². The number of hydrogen-bond acceptors (Lipinski definition) is 6. The Morgan fingerprint density at radius 2 is 1.89 bits per heavy atom. The number of nitrogens with one attached hydrogen (secondary N) is 2. The molecule has 0 radical (unpaired) electrons. The van der Waals surface area contributed by atoms with Gasteiger partial charge in [-0.2, -0.15) is 5.10 Å². The van der Waals surface area contributed by atoms with Gasteiger partial charge >= 0.3 is 0 Å². The number of thiazole rings is 1. The highest BCUT2D eigenvalue weighted by molar-refractivity contribution is 7.26. The van der Waals surface area contributed by atoms with Gasteiger partial charge in [0.25, 0.3) is 11.8 Å². The molecular weight excluding hydrogens is 394 g/mol. The third-order valence-electron chi connectivity index (χ3n) is 4.05. The predicted octanol–water partition coefficient (Wildman–Crippen LogP) is 3.30. The topological polar surface area (TPSA) is 88.9 Å². The van der Waals surface area contributed by atoms with Crippen molar-refractivity contribution in [3.63, 3.8) is 0 Å². The third kappa shape index (κ3) is 3.80. The molecule has 9 heteroatoms. The number of benzene rings is 1. The van der Waals surface area contributed by atoms with Crippen molar-refractivity contribution in [2.75, 3.05) is 0 Å². The van der Waals surface area contributed by atoms with Crippen LogP contribution in [0.1, 0.15) is 21.1 Å². The third-order valence-corrected chi connectivity index (χ3v) is 6.34. The van der Waals surface area contributed by atoms with E-state index in [1.165, 1.54) is 11.3 Å². The number of aromatic nitrogens is 3. The van der Waals surface area contributed by atoms with Crippen LogP contribution in [-0.4, -0.2) is 26.6 Å². The van der Waals surface area contributed by atoms with E-state index >= 15 is 0 Å². The molecule has 1 aromatic carbocycles. The normalized spacial score (nSPS) is 10.9. The second-order valence-corrected chi connectivity index (χ2v) is 8.35. The highest BCUT2D eigenvalue weighted by Crippen LogP contribution is 2.34. The van der Waals surface area contributed by atoms with Gasteiger partial charge in [0.2, 0.25) is 0 Å². The SMILES string of the molecule is Cc1cc(C)n(CC(=O)NNC(=O)c2ccc(-c3nc4ccccc4s3)s2)n1. The smallest absolute Gasteiger partial charge is 0.271 e. The molecule has 28 heavy (non-hydrogen) atoms. The Labute approximate surface area is 169 Å². The van der Waals surface area contributed by atoms with Crippen molar-refractivity contribution in [2.24, 2.45) is 0 Å². The minimum atomic E-state index is -0.362. The van der Waals surface area contributed by atoms with Gasteiger partial charge in [-0.3, -0.25) is 25.1 Å². The van der Waals surface area contributed by atoms with Gasteiger partial charge in [0.15, 0.2) is 0 Å². The molecule has 0 fully saturated rings. The number of carbonyl (C=O) groups is 2. The van der Waals surface area contributed by atoms with E-state index in [0.29, 0.717) is 4.88 Å². The first-order valence-corrected chi connectivity index (χ1v) is 10.2. The predicted molar refractivity (Wildman–Crippen MR) is 110 cm³/mol. The highest BCUT2D eigenvalue weighted by Gasteiger charge is 2.14. The fourth-order valence-electron chi connectivity index (χ4n) is 2.75. The van der Waals surface area contributed by atoms with Gasteiger partial charge in [-0.1, -0.05) is 12.1 Å². The first kappa shape index (κ1) is 18.3. The summed E-state index contributed by atoms with van der Waals surface area (Å²) in [6.45, 7) is 3.78. The number of nitrogens with zero attached hydrogens (tertiary/aromatic N) is 3. The van der Waals surface area contributed by atoms with Crippen molar-refractivity contribution < 1.29 is 9.59 Å². The Balaban J connectivity index is 1.39. The number of amides is 2. The number of hydrazine groups is 1. The van der Waals surface area contributed by atoms with E-state index in [9.17, 15) is 9.59 Å². The summed E-state index contributed by atoms with van der Waals surface area (Å²) in [6.07, 6.45) is 0. The fraction of sp³-hybridized carbons (Fsp3) is 0.158. The lowest BCUT2D eigenvalue weighted by Crippen LogP contribution is -2.43. The van der Waals surface area contributed by atoms with Gasteiger partial charge in [-0.15, -0.1) is 22.7 Å². The maximum Gasteiger partial charge on any atom is 0.279 e. The first-order valence-electron chi connectivity index (χ1n) is 8.55. The number of rotatable bonds is 4. The average Bonchev–Trinajstić information content (AvgIpc) is 3.38. The van der Waals surface area contributed by atoms with E-state index in [2.05, 4.69) is 20.9 Å². The van der Waals surface area contributed by atoms with Crippen LogP contribution in [0.15, 0.2) is 42.5 Å². The van der Waals surface area contributed by atoms with E-state index in [4.69, 9.17) is 0 Å². The van der Waals surface area contributed by atoms with Crippen LogP contribution in [0.3, 0.4) is 0 Å². The van der Waals surface area contributed by atoms with Crippen LogP contribution in [0.5, 0.6) is 0 Å². The first-order chi connectivity index (χ1) is 13.5. The lowest BCUT2D eigenvalue weighted by molar-refractivity contribution is -0.122. The van der Waals surface area contributed by atoms with E-state index in [-0.39, 0.29) is 18.4 Å². The van der Waals surface area contributed by atoms with Gasteiger partial charge in [-0.05, 0) is 44.2 Å². The average molecular weight is 412 g/mol. The molecule has 0 aliphatic carbocycles. The highest BCUT2D eigenvalue weighted by atomic mass is 32.1. The molecule has 0 unspecified atom stereocenters. The molecule has 2 N–H and O–H groups in total. The largest absolute Gasteiger partial charge is 0.279 e. The molecule has 0 aliphatic rings. The Morgan fingerprint density at radius 1 is 1.07 bits per heavy atom. The quantitative estimate of drug-likeness (QED) is 0.504. The fourth-order valence-corrected chi connectivity index (χ4v) is 4.67. The number of carbonyl (C=O) groups excluding carboxylic acids is 2. The Kier molecular flexibility index (Phi) is 4.93. The number of fused-ring (bicyclic) bond motifs is 1. The summed E-state index contributed by atoms with van der Waals surface area (Å²) in [6, 6.07) is 13.4. The Hall–Kier alpha value is -3.04. The van der Waals surface area contributed by atoms with Crippen LogP contribution in [0.2, 0.25) is 0 Å². The summed E-state index contributed by atoms with van der Waals surface area (Å²) in [4.78, 5) is 30.4. The molecule has 0 aliphatic heterocycles. The van der Waals surface area contributed by atoms with E-state index in [1.807, 2.05) is 50.2 Å². The standard InChI is InChI=1S/C19H17N5O2S2/c1-11-9-12(2)24(23-11)10-17(25)21-22-18(26)15-7-8-16(27-15)19-20-13-5-3-4-6-14(13)28-19/h3-9H,10H2,1-2H3,(H,21,25)(H,22,26). The Bertz CT molecular complexity index is 1140. The van der Waals surface area contributed by atoms with Gasteiger partial charge in [0.05, 0.1) is 25.7 Å². The molecule has 4 rings (SSSR count). The molecule has 3 heterocycles. The zero-order valence-electron chi connectivity index (χ0n) is 15.2. The zero-order valence-corrected chi connectivity index (χ0v) is 16.9. The van der Waals surface area contributed by atoms with Crippen molar-refractivity contribution in [1.82, 2.24) is 25.6 Å². The van der Waals surface area contributed by atoms with E-state index < -0.39 is 0 Å². The number of para-hydroxylation sites is 1. The number of aryl methyl sites for hydroxylation is 2. The lowest BCUT2D eigenvalue weighted by Gasteiger charge is -2.07. The summed E-state index contributed by atoms with van der Waals surface area (Å²) in [5.74, 6) is -0.707. The van der Waals surface area contributed by atoms with Crippen LogP contribution in [0.4, 0.5) is 0 Å². The van der Waals surface area contributed by atoms with Crippen LogP contribution in [0, 0.1) is 13.8 Å². The molecule has 2 amide bonds. The van der Waals surface area contributed by atoms with Crippen molar-refractivity contribution in [1.29, 1.82) is 0 Å². The summed E-state index contributed by atoms with van der Waals surface area (Å²) in [7, 11) is 0.